The fourth-order valence-electron chi connectivity index (χ4n) is 6.38. The lowest BCUT2D eigenvalue weighted by Gasteiger charge is -2.41. The number of halogens is 3. The quantitative estimate of drug-likeness (QED) is 0.169. The number of benzene rings is 6. The molecular formula is C36H21BBr2ClNS. The topological polar surface area (TPSA) is 3.24 Å². The van der Waals surface area contributed by atoms with Crippen LogP contribution < -0.4 is 21.3 Å². The van der Waals surface area contributed by atoms with Crippen LogP contribution in [0.3, 0.4) is 0 Å². The van der Waals surface area contributed by atoms with Gasteiger partial charge in [-0.1, -0.05) is 152 Å². The molecule has 0 amide bonds. The predicted molar refractivity (Wildman–Crippen MR) is 188 cm³/mol. The van der Waals surface area contributed by atoms with E-state index >= 15 is 0 Å². The van der Waals surface area contributed by atoms with E-state index in [4.69, 9.17) is 11.6 Å². The lowest BCUT2D eigenvalue weighted by atomic mass is 9.35. The van der Waals surface area contributed by atoms with Crippen molar-refractivity contribution in [2.45, 2.75) is 9.79 Å². The van der Waals surface area contributed by atoms with Gasteiger partial charge in [0.25, 0.3) is 0 Å². The molecule has 200 valence electrons. The summed E-state index contributed by atoms with van der Waals surface area (Å²) < 4.78 is 2.12. The van der Waals surface area contributed by atoms with Crippen LogP contribution in [0.2, 0.25) is 5.02 Å². The molecule has 0 bridgehead atoms. The van der Waals surface area contributed by atoms with Crippen molar-refractivity contribution in [1.29, 1.82) is 0 Å². The Morgan fingerprint density at radius 1 is 0.571 bits per heavy atom. The standard InChI is InChI=1S/C36H21BBr2ClNS/c38-24-14-16-29-31(18-24)41(32-20-26(40)21-34-35(32)37(29)30-17-15-25(39)19-33(30)42-34)36-27(22-8-3-1-4-9-22)12-7-13-28(36)23-10-5-2-6-11-23/h1-21H. The van der Waals surface area contributed by atoms with Crippen molar-refractivity contribution >= 4 is 95.4 Å². The zero-order chi connectivity index (χ0) is 28.4. The number of nitrogens with zero attached hydrogens (tertiary/aromatic N) is 1. The number of hydrogen-bond donors (Lipinski definition) is 0. The molecule has 0 spiro atoms. The van der Waals surface area contributed by atoms with E-state index in [0.29, 0.717) is 0 Å². The number of para-hydroxylation sites is 1. The zero-order valence-corrected chi connectivity index (χ0v) is 26.9. The van der Waals surface area contributed by atoms with Crippen molar-refractivity contribution in [3.8, 4) is 22.3 Å². The van der Waals surface area contributed by atoms with Crippen LogP contribution in [0.4, 0.5) is 17.1 Å². The van der Waals surface area contributed by atoms with Gasteiger partial charge in [-0.25, -0.2) is 0 Å². The highest BCUT2D eigenvalue weighted by Crippen LogP contribution is 2.49. The number of hydrogen-bond acceptors (Lipinski definition) is 2. The highest BCUT2D eigenvalue weighted by Gasteiger charge is 2.42. The molecule has 2 heterocycles. The Balaban J connectivity index is 1.50. The first kappa shape index (κ1) is 26.4. The largest absolute Gasteiger partial charge is 0.310 e. The van der Waals surface area contributed by atoms with Gasteiger partial charge in [-0.2, -0.15) is 0 Å². The summed E-state index contributed by atoms with van der Waals surface area (Å²) in [5.74, 6) is 0. The van der Waals surface area contributed by atoms with E-state index in [1.165, 1.54) is 48.4 Å². The summed E-state index contributed by atoms with van der Waals surface area (Å²) in [5.41, 5.74) is 12.0. The molecule has 8 rings (SSSR count). The highest BCUT2D eigenvalue weighted by atomic mass is 79.9. The van der Waals surface area contributed by atoms with Crippen LogP contribution >= 0.6 is 55.2 Å². The average Bonchev–Trinajstić information content (AvgIpc) is 3.01. The van der Waals surface area contributed by atoms with Crippen molar-refractivity contribution in [1.82, 2.24) is 0 Å². The van der Waals surface area contributed by atoms with Crippen LogP contribution in [0, 0.1) is 0 Å². The molecular weight excluding hydrogens is 685 g/mol. The monoisotopic (exact) mass is 703 g/mol. The maximum atomic E-state index is 6.96. The summed E-state index contributed by atoms with van der Waals surface area (Å²) in [4.78, 5) is 4.91. The smallest absolute Gasteiger partial charge is 0.249 e. The van der Waals surface area contributed by atoms with Crippen LogP contribution in [0.1, 0.15) is 0 Å². The Morgan fingerprint density at radius 2 is 1.19 bits per heavy atom. The lowest BCUT2D eigenvalue weighted by molar-refractivity contribution is 1.27. The van der Waals surface area contributed by atoms with Gasteiger partial charge in [-0.3, -0.25) is 0 Å². The normalized spacial score (nSPS) is 12.9. The van der Waals surface area contributed by atoms with E-state index < -0.39 is 0 Å². The summed E-state index contributed by atoms with van der Waals surface area (Å²) in [5, 5.41) is 0.732. The highest BCUT2D eigenvalue weighted by molar-refractivity contribution is 9.10. The van der Waals surface area contributed by atoms with Gasteiger partial charge in [0.1, 0.15) is 0 Å². The Kier molecular flexibility index (Phi) is 6.60. The second kappa shape index (κ2) is 10.5. The van der Waals surface area contributed by atoms with Gasteiger partial charge in [-0.05, 0) is 58.5 Å². The van der Waals surface area contributed by atoms with Gasteiger partial charge < -0.3 is 4.90 Å². The van der Waals surface area contributed by atoms with E-state index in [0.717, 1.165) is 31.0 Å². The minimum atomic E-state index is 0.0972. The first-order valence-corrected chi connectivity index (χ1v) is 16.5. The third kappa shape index (κ3) is 4.29. The third-order valence-electron chi connectivity index (χ3n) is 8.09. The molecule has 0 saturated heterocycles. The van der Waals surface area contributed by atoms with Gasteiger partial charge in [0, 0.05) is 46.3 Å². The van der Waals surface area contributed by atoms with Crippen molar-refractivity contribution in [2.24, 2.45) is 0 Å². The second-order valence-corrected chi connectivity index (χ2v) is 13.9. The lowest BCUT2D eigenvalue weighted by Crippen LogP contribution is -2.59. The van der Waals surface area contributed by atoms with E-state index in [1.54, 1.807) is 11.8 Å². The van der Waals surface area contributed by atoms with Gasteiger partial charge in [0.05, 0.1) is 5.69 Å². The van der Waals surface area contributed by atoms with E-state index in [9.17, 15) is 0 Å². The first-order valence-electron chi connectivity index (χ1n) is 13.7. The molecule has 0 aliphatic carbocycles. The van der Waals surface area contributed by atoms with E-state index in [2.05, 4.69) is 164 Å². The predicted octanol–water partition coefficient (Wildman–Crippen LogP) is 9.96. The molecule has 2 aliphatic rings. The molecule has 0 aromatic heterocycles. The van der Waals surface area contributed by atoms with Gasteiger partial charge in [0.15, 0.2) is 0 Å². The summed E-state index contributed by atoms with van der Waals surface area (Å²) in [7, 11) is 0. The Hall–Kier alpha value is -3.22. The molecule has 0 N–H and O–H groups in total. The van der Waals surface area contributed by atoms with Crippen LogP contribution in [0.5, 0.6) is 0 Å². The molecule has 2 aliphatic heterocycles. The van der Waals surface area contributed by atoms with E-state index in [-0.39, 0.29) is 6.71 Å². The number of fused-ring (bicyclic) bond motifs is 4. The zero-order valence-electron chi connectivity index (χ0n) is 22.2. The maximum Gasteiger partial charge on any atom is 0.249 e. The summed E-state index contributed by atoms with van der Waals surface area (Å²) in [6, 6.07) is 45.6. The molecule has 0 atom stereocenters. The van der Waals surface area contributed by atoms with E-state index in [1.807, 2.05) is 0 Å². The van der Waals surface area contributed by atoms with Gasteiger partial charge in [0.2, 0.25) is 6.71 Å². The van der Waals surface area contributed by atoms with Gasteiger partial charge >= 0.3 is 0 Å². The van der Waals surface area contributed by atoms with Crippen molar-refractivity contribution < 1.29 is 0 Å². The Morgan fingerprint density at radius 3 is 1.86 bits per heavy atom. The Bertz CT molecular complexity index is 1960. The average molecular weight is 706 g/mol. The summed E-state index contributed by atoms with van der Waals surface area (Å²) in [6.45, 7) is 0.0972. The van der Waals surface area contributed by atoms with Crippen molar-refractivity contribution in [2.75, 3.05) is 4.90 Å². The van der Waals surface area contributed by atoms with Crippen molar-refractivity contribution in [3.05, 3.63) is 141 Å². The molecule has 0 unspecified atom stereocenters. The molecule has 6 heteroatoms. The Labute approximate surface area is 271 Å². The molecule has 0 fully saturated rings. The number of anilines is 3. The summed E-state index contributed by atoms with van der Waals surface area (Å²) in [6.07, 6.45) is 0. The van der Waals surface area contributed by atoms with Crippen LogP contribution in [0.25, 0.3) is 22.3 Å². The second-order valence-electron chi connectivity index (χ2n) is 10.5. The molecule has 6 aromatic rings. The first-order chi connectivity index (χ1) is 20.6. The SMILES string of the molecule is Clc1cc2c3c(c1)N(c1c(-c4ccccc4)cccc1-c1ccccc1)c1cc(Br)ccc1B3c1ccc(Br)cc1S2. The number of rotatable bonds is 3. The fourth-order valence-corrected chi connectivity index (χ4v) is 8.77. The minimum absolute atomic E-state index is 0.0972. The summed E-state index contributed by atoms with van der Waals surface area (Å²) >= 11 is 16.3. The molecule has 0 radical (unpaired) electrons. The van der Waals surface area contributed by atoms with Crippen molar-refractivity contribution in [3.63, 3.8) is 0 Å². The molecule has 0 saturated carbocycles. The van der Waals surface area contributed by atoms with Crippen LogP contribution in [0.15, 0.2) is 146 Å². The van der Waals surface area contributed by atoms with Crippen LogP contribution in [-0.4, -0.2) is 6.71 Å². The van der Waals surface area contributed by atoms with Gasteiger partial charge in [-0.15, -0.1) is 0 Å². The minimum Gasteiger partial charge on any atom is -0.310 e. The fraction of sp³-hybridized carbons (Fsp3) is 0. The molecule has 1 nitrogen and oxygen atoms in total. The molecule has 42 heavy (non-hydrogen) atoms. The molecule has 6 aromatic carbocycles. The maximum absolute atomic E-state index is 6.96. The third-order valence-corrected chi connectivity index (χ3v) is 10.4. The van der Waals surface area contributed by atoms with Crippen LogP contribution in [-0.2, 0) is 0 Å².